The Hall–Kier alpha value is -3.57. The molecule has 0 bridgehead atoms. The van der Waals surface area contributed by atoms with E-state index in [0.29, 0.717) is 29.1 Å². The molecule has 1 aromatic heterocycles. The van der Waals surface area contributed by atoms with Gasteiger partial charge in [0.1, 0.15) is 11.5 Å². The Morgan fingerprint density at radius 2 is 1.76 bits per heavy atom. The van der Waals surface area contributed by atoms with Gasteiger partial charge in [-0.25, -0.2) is 0 Å². The second-order valence-electron chi connectivity index (χ2n) is 9.19. The molecule has 1 aliphatic heterocycles. The van der Waals surface area contributed by atoms with Gasteiger partial charge in [0.2, 0.25) is 5.43 Å². The Labute approximate surface area is 192 Å². The molecule has 1 fully saturated rings. The number of hydrogen-bond donors (Lipinski definition) is 1. The van der Waals surface area contributed by atoms with Crippen LogP contribution in [0.4, 0.5) is 0 Å². The van der Waals surface area contributed by atoms with E-state index < -0.39 is 0 Å². The number of nitrogens with zero attached hydrogens (tertiary/aromatic N) is 2. The molecule has 1 atom stereocenters. The Morgan fingerprint density at radius 1 is 0.970 bits per heavy atom. The highest BCUT2D eigenvalue weighted by Crippen LogP contribution is 2.40. The number of nitrogens with two attached hydrogens (primary N) is 1. The van der Waals surface area contributed by atoms with Gasteiger partial charge >= 0.3 is 0 Å². The van der Waals surface area contributed by atoms with Gasteiger partial charge < -0.3 is 10.2 Å². The predicted octanol–water partition coefficient (Wildman–Crippen LogP) is 5.33. The molecule has 2 heterocycles. The molecule has 6 rings (SSSR count). The zero-order chi connectivity index (χ0) is 22.4. The predicted molar refractivity (Wildman–Crippen MR) is 132 cm³/mol. The number of hydrogen-bond acceptors (Lipinski definition) is 5. The van der Waals surface area contributed by atoms with E-state index >= 15 is 0 Å². The first-order valence-electron chi connectivity index (χ1n) is 11.6. The van der Waals surface area contributed by atoms with E-state index in [-0.39, 0.29) is 16.9 Å². The van der Waals surface area contributed by atoms with Crippen molar-refractivity contribution in [2.45, 2.75) is 37.6 Å². The summed E-state index contributed by atoms with van der Waals surface area (Å²) in [5, 5.41) is 8.27. The van der Waals surface area contributed by atoms with Crippen LogP contribution in [0.1, 0.15) is 42.6 Å². The van der Waals surface area contributed by atoms with Gasteiger partial charge in [0.25, 0.3) is 0 Å². The highest BCUT2D eigenvalue weighted by molar-refractivity contribution is 6.10. The lowest BCUT2D eigenvalue weighted by Crippen LogP contribution is -2.43. The number of allylic oxidation sites excluding steroid dienone is 1. The maximum atomic E-state index is 13.9. The zero-order valence-corrected chi connectivity index (χ0v) is 18.3. The number of aryl methyl sites for hydroxylation is 1. The van der Waals surface area contributed by atoms with Crippen LogP contribution in [0.5, 0.6) is 0 Å². The molecule has 2 N–H and O–H groups in total. The molecule has 5 heteroatoms. The number of rotatable bonds is 3. The third kappa shape index (κ3) is 3.40. The molecule has 5 nitrogen and oxygen atoms in total. The van der Waals surface area contributed by atoms with Gasteiger partial charge in [-0.2, -0.15) is 10.2 Å². The first kappa shape index (κ1) is 20.1. The lowest BCUT2D eigenvalue weighted by molar-refractivity contribution is 0.253. The molecule has 0 amide bonds. The van der Waals surface area contributed by atoms with Crippen LogP contribution in [0.25, 0.3) is 28.5 Å². The standard InChI is InChI=1S/C28H25N3O2/c29-28(15-4-16-28)21-10-7-18(8-11-21)25-26(32)22-12-13-23-20(17-30-31-23)9-14-24(22)33-27(25)19-5-2-1-3-6-19/h1-3,5-8,10-13,17,20H,4,9,14-16,29H2/b13-12-. The molecule has 3 aliphatic rings. The van der Waals surface area contributed by atoms with Crippen LogP contribution in [-0.4, -0.2) is 11.9 Å². The van der Waals surface area contributed by atoms with Crippen molar-refractivity contribution in [3.63, 3.8) is 0 Å². The van der Waals surface area contributed by atoms with Crippen molar-refractivity contribution in [1.29, 1.82) is 0 Å². The Kier molecular flexibility index (Phi) is 4.73. The van der Waals surface area contributed by atoms with Crippen molar-refractivity contribution >= 4 is 18.0 Å². The second-order valence-corrected chi connectivity index (χ2v) is 9.19. The molecule has 0 saturated heterocycles. The highest BCUT2D eigenvalue weighted by atomic mass is 16.3. The average molecular weight is 436 g/mol. The summed E-state index contributed by atoms with van der Waals surface area (Å²) in [6.07, 6.45) is 10.2. The lowest BCUT2D eigenvalue weighted by Gasteiger charge is -2.38. The van der Waals surface area contributed by atoms with Gasteiger partial charge in [0.15, 0.2) is 0 Å². The van der Waals surface area contributed by atoms with Crippen molar-refractivity contribution in [2.75, 3.05) is 0 Å². The van der Waals surface area contributed by atoms with E-state index in [9.17, 15) is 4.79 Å². The van der Waals surface area contributed by atoms with Crippen LogP contribution >= 0.6 is 0 Å². The largest absolute Gasteiger partial charge is 0.460 e. The molecular weight excluding hydrogens is 410 g/mol. The van der Waals surface area contributed by atoms with Gasteiger partial charge in [-0.3, -0.25) is 4.79 Å². The average Bonchev–Trinajstić information content (AvgIpc) is 3.26. The summed E-state index contributed by atoms with van der Waals surface area (Å²) in [4.78, 5) is 13.9. The minimum absolute atomic E-state index is 0.0248. The minimum Gasteiger partial charge on any atom is -0.460 e. The van der Waals surface area contributed by atoms with Crippen molar-refractivity contribution in [2.24, 2.45) is 21.9 Å². The first-order valence-corrected chi connectivity index (χ1v) is 11.6. The molecule has 2 aliphatic carbocycles. The molecule has 33 heavy (non-hydrogen) atoms. The fraction of sp³-hybridized carbons (Fsp3) is 0.250. The lowest BCUT2D eigenvalue weighted by atomic mass is 9.72. The topological polar surface area (TPSA) is 81.0 Å². The van der Waals surface area contributed by atoms with Gasteiger partial charge in [-0.1, -0.05) is 54.6 Å². The van der Waals surface area contributed by atoms with Crippen LogP contribution in [0.15, 0.2) is 80.1 Å². The smallest absolute Gasteiger partial charge is 0.200 e. The third-order valence-corrected chi connectivity index (χ3v) is 7.16. The van der Waals surface area contributed by atoms with E-state index in [2.05, 4.69) is 22.3 Å². The van der Waals surface area contributed by atoms with E-state index in [1.165, 1.54) is 0 Å². The maximum Gasteiger partial charge on any atom is 0.200 e. The summed E-state index contributed by atoms with van der Waals surface area (Å²) in [5.41, 5.74) is 11.2. The molecule has 0 spiro atoms. The Bertz CT molecular complexity index is 1360. The van der Waals surface area contributed by atoms with E-state index in [1.54, 1.807) is 0 Å². The molecule has 1 unspecified atom stereocenters. The summed E-state index contributed by atoms with van der Waals surface area (Å²) in [5.74, 6) is 1.49. The molecule has 0 radical (unpaired) electrons. The van der Waals surface area contributed by atoms with Gasteiger partial charge in [0, 0.05) is 29.7 Å². The quantitative estimate of drug-likeness (QED) is 0.604. The molecule has 3 aromatic rings. The summed E-state index contributed by atoms with van der Waals surface area (Å²) in [7, 11) is 0. The SMILES string of the molecule is NC1(c2ccc(-c3c(-c4ccccc4)oc4c(c3=O)/C=C\C3=NN=CC3CC4)cc2)CCC1. The van der Waals surface area contributed by atoms with E-state index in [0.717, 1.165) is 48.1 Å². The van der Waals surface area contributed by atoms with E-state index in [4.69, 9.17) is 10.2 Å². The van der Waals surface area contributed by atoms with Crippen molar-refractivity contribution < 1.29 is 4.42 Å². The van der Waals surface area contributed by atoms with Gasteiger partial charge in [-0.15, -0.1) is 0 Å². The highest BCUT2D eigenvalue weighted by Gasteiger charge is 2.34. The third-order valence-electron chi connectivity index (χ3n) is 7.16. The summed E-state index contributed by atoms with van der Waals surface area (Å²) in [6, 6.07) is 18.0. The van der Waals surface area contributed by atoms with Crippen molar-refractivity contribution in [1.82, 2.24) is 0 Å². The van der Waals surface area contributed by atoms with Crippen LogP contribution in [0.3, 0.4) is 0 Å². The fourth-order valence-corrected chi connectivity index (χ4v) is 4.98. The number of benzene rings is 2. The summed E-state index contributed by atoms with van der Waals surface area (Å²) < 4.78 is 6.51. The molecular formula is C28H25N3O2. The second kappa shape index (κ2) is 7.78. The van der Waals surface area contributed by atoms with Crippen molar-refractivity contribution in [3.05, 3.63) is 87.8 Å². The van der Waals surface area contributed by atoms with E-state index in [1.807, 2.05) is 60.8 Å². The fourth-order valence-electron chi connectivity index (χ4n) is 4.98. The molecule has 2 aromatic carbocycles. The van der Waals surface area contributed by atoms with Crippen LogP contribution in [0, 0.1) is 5.92 Å². The monoisotopic (exact) mass is 435 g/mol. The van der Waals surface area contributed by atoms with Crippen LogP contribution in [0.2, 0.25) is 0 Å². The normalized spacial score (nSPS) is 21.2. The zero-order valence-electron chi connectivity index (χ0n) is 18.3. The van der Waals surface area contributed by atoms with Crippen LogP contribution in [-0.2, 0) is 12.0 Å². The minimum atomic E-state index is -0.235. The van der Waals surface area contributed by atoms with Gasteiger partial charge in [0.05, 0.1) is 16.8 Å². The van der Waals surface area contributed by atoms with Crippen LogP contribution < -0.4 is 11.2 Å². The first-order chi connectivity index (χ1) is 16.1. The van der Waals surface area contributed by atoms with Gasteiger partial charge in [-0.05, 0) is 49.0 Å². The summed E-state index contributed by atoms with van der Waals surface area (Å²) in [6.45, 7) is 0. The summed E-state index contributed by atoms with van der Waals surface area (Å²) >= 11 is 0. The van der Waals surface area contributed by atoms with Crippen molar-refractivity contribution in [3.8, 4) is 22.5 Å². The molecule has 164 valence electrons. The Morgan fingerprint density at radius 3 is 2.48 bits per heavy atom. The molecule has 1 saturated carbocycles. The maximum absolute atomic E-state index is 13.9. The number of fused-ring (bicyclic) bond motifs is 2. The Balaban J connectivity index is 1.53.